The number of hydrogen-bond donors (Lipinski definition) is 2. The van der Waals surface area contributed by atoms with Crippen molar-refractivity contribution in [1.29, 1.82) is 0 Å². The fourth-order valence-corrected chi connectivity index (χ4v) is 0.830. The molecule has 0 atom stereocenters. The quantitative estimate of drug-likeness (QED) is 0.612. The molecule has 0 aliphatic carbocycles. The summed E-state index contributed by atoms with van der Waals surface area (Å²) < 4.78 is 4.47. The van der Waals surface area contributed by atoms with Crippen LogP contribution in [0, 0.1) is 0 Å². The largest absolute Gasteiger partial charge is 0.380 e. The van der Waals surface area contributed by atoms with E-state index in [1.807, 2.05) is 0 Å². The van der Waals surface area contributed by atoms with E-state index < -0.39 is 0 Å². The maximum absolute atomic E-state index is 10.9. The van der Waals surface area contributed by atoms with Crippen LogP contribution in [0.25, 0.3) is 0 Å². The van der Waals surface area contributed by atoms with Gasteiger partial charge in [-0.15, -0.1) is 0 Å². The summed E-state index contributed by atoms with van der Waals surface area (Å²) in [6, 6.07) is 0. The van der Waals surface area contributed by atoms with E-state index in [0.717, 1.165) is 0 Å². The van der Waals surface area contributed by atoms with Gasteiger partial charge in [-0.25, -0.2) is 9.95 Å². The Bertz CT molecular complexity index is 265. The molecule has 0 radical (unpaired) electrons. The third-order valence-corrected chi connectivity index (χ3v) is 1.43. The molecule has 62 valence electrons. The summed E-state index contributed by atoms with van der Waals surface area (Å²) in [5, 5.41) is 2.37. The SMILES string of the molecule is CN(CCN)c1c[nH]oc1=O. The predicted molar refractivity (Wildman–Crippen MR) is 41.7 cm³/mol. The molecule has 0 unspecified atom stereocenters. The van der Waals surface area contributed by atoms with Crippen LogP contribution in [-0.2, 0) is 0 Å². The molecule has 1 aromatic rings. The number of likely N-dealkylation sites (N-methyl/N-ethyl adjacent to an activating group) is 1. The molecule has 1 aromatic heterocycles. The number of aromatic amines is 1. The molecule has 5 nitrogen and oxygen atoms in total. The molecule has 3 N–H and O–H groups in total. The molecule has 0 saturated heterocycles. The first kappa shape index (κ1) is 7.87. The second-order valence-corrected chi connectivity index (χ2v) is 2.25. The van der Waals surface area contributed by atoms with E-state index in [1.54, 1.807) is 11.9 Å². The lowest BCUT2D eigenvalue weighted by Gasteiger charge is -2.12. The number of nitrogens with one attached hydrogen (secondary N) is 1. The highest BCUT2D eigenvalue weighted by atomic mass is 16.5. The zero-order chi connectivity index (χ0) is 8.27. The summed E-state index contributed by atoms with van der Waals surface area (Å²) in [5.74, 6) is 0. The van der Waals surface area contributed by atoms with Crippen molar-refractivity contribution in [3.63, 3.8) is 0 Å². The second-order valence-electron chi connectivity index (χ2n) is 2.25. The van der Waals surface area contributed by atoms with Gasteiger partial charge in [0.2, 0.25) is 0 Å². The molecule has 0 bridgehead atoms. The van der Waals surface area contributed by atoms with E-state index in [-0.39, 0.29) is 5.63 Å². The molecular formula is C6H11N3O2. The third kappa shape index (κ3) is 1.62. The Morgan fingerprint density at radius 2 is 2.55 bits per heavy atom. The normalized spacial score (nSPS) is 10.0. The molecule has 0 saturated carbocycles. The molecule has 0 aromatic carbocycles. The molecule has 0 spiro atoms. The maximum Gasteiger partial charge on any atom is 0.380 e. The van der Waals surface area contributed by atoms with Crippen molar-refractivity contribution in [1.82, 2.24) is 5.16 Å². The minimum absolute atomic E-state index is 0.360. The van der Waals surface area contributed by atoms with Crippen molar-refractivity contribution in [2.45, 2.75) is 0 Å². The number of aromatic nitrogens is 1. The number of rotatable bonds is 3. The Morgan fingerprint density at radius 1 is 1.82 bits per heavy atom. The summed E-state index contributed by atoms with van der Waals surface area (Å²) in [6.07, 6.45) is 1.51. The topological polar surface area (TPSA) is 75.3 Å². The van der Waals surface area contributed by atoms with Gasteiger partial charge >= 0.3 is 5.63 Å². The first-order valence-corrected chi connectivity index (χ1v) is 3.34. The summed E-state index contributed by atoms with van der Waals surface area (Å²) in [4.78, 5) is 12.6. The van der Waals surface area contributed by atoms with E-state index in [0.29, 0.717) is 18.8 Å². The van der Waals surface area contributed by atoms with Crippen LogP contribution in [-0.4, -0.2) is 25.3 Å². The lowest BCUT2D eigenvalue weighted by molar-refractivity contribution is 0.391. The Hall–Kier alpha value is -1.23. The molecule has 0 aliphatic rings. The number of H-pyrrole nitrogens is 1. The van der Waals surface area contributed by atoms with Crippen molar-refractivity contribution < 1.29 is 4.52 Å². The van der Waals surface area contributed by atoms with Gasteiger partial charge in [-0.05, 0) is 0 Å². The van der Waals surface area contributed by atoms with Crippen molar-refractivity contribution in [2.75, 3.05) is 25.0 Å². The van der Waals surface area contributed by atoms with Gasteiger partial charge in [0, 0.05) is 20.1 Å². The third-order valence-electron chi connectivity index (χ3n) is 1.43. The van der Waals surface area contributed by atoms with Crippen molar-refractivity contribution in [3.8, 4) is 0 Å². The van der Waals surface area contributed by atoms with Crippen LogP contribution in [0.1, 0.15) is 0 Å². The van der Waals surface area contributed by atoms with Crippen LogP contribution in [0.4, 0.5) is 5.69 Å². The monoisotopic (exact) mass is 157 g/mol. The maximum atomic E-state index is 10.9. The summed E-state index contributed by atoms with van der Waals surface area (Å²) in [7, 11) is 1.78. The summed E-state index contributed by atoms with van der Waals surface area (Å²) in [6.45, 7) is 1.16. The van der Waals surface area contributed by atoms with Crippen LogP contribution in [0.15, 0.2) is 15.5 Å². The summed E-state index contributed by atoms with van der Waals surface area (Å²) in [5.41, 5.74) is 5.45. The van der Waals surface area contributed by atoms with Crippen LogP contribution >= 0.6 is 0 Å². The van der Waals surface area contributed by atoms with Gasteiger partial charge in [0.15, 0.2) is 0 Å². The van der Waals surface area contributed by atoms with Gasteiger partial charge in [0.25, 0.3) is 0 Å². The highest BCUT2D eigenvalue weighted by Crippen LogP contribution is 2.01. The van der Waals surface area contributed by atoms with E-state index in [1.165, 1.54) is 6.20 Å². The standard InChI is InChI=1S/C6H11N3O2/c1-9(3-2-7)5-4-8-11-6(5)10/h4,8H,2-3,7H2,1H3. The van der Waals surface area contributed by atoms with Gasteiger partial charge in [-0.1, -0.05) is 0 Å². The average Bonchev–Trinajstić information content (AvgIpc) is 2.36. The van der Waals surface area contributed by atoms with Crippen LogP contribution in [0.5, 0.6) is 0 Å². The van der Waals surface area contributed by atoms with Crippen molar-refractivity contribution in [2.24, 2.45) is 5.73 Å². The molecule has 0 amide bonds. The smallest absolute Gasteiger partial charge is 0.366 e. The van der Waals surface area contributed by atoms with Gasteiger partial charge in [0.1, 0.15) is 5.69 Å². The molecule has 1 heterocycles. The van der Waals surface area contributed by atoms with E-state index in [2.05, 4.69) is 9.68 Å². The number of nitrogens with two attached hydrogens (primary N) is 1. The number of nitrogens with zero attached hydrogens (tertiary/aromatic N) is 1. The fraction of sp³-hybridized carbons (Fsp3) is 0.500. The van der Waals surface area contributed by atoms with E-state index >= 15 is 0 Å². The minimum atomic E-state index is -0.360. The van der Waals surface area contributed by atoms with Gasteiger partial charge in [0.05, 0.1) is 6.20 Å². The van der Waals surface area contributed by atoms with Crippen molar-refractivity contribution in [3.05, 3.63) is 16.6 Å². The Kier molecular flexibility index (Phi) is 2.32. The number of hydrogen-bond acceptors (Lipinski definition) is 4. The summed E-state index contributed by atoms with van der Waals surface area (Å²) >= 11 is 0. The molecule has 0 aliphatic heterocycles. The number of anilines is 1. The zero-order valence-corrected chi connectivity index (χ0v) is 6.33. The molecule has 0 fully saturated rings. The van der Waals surface area contributed by atoms with Gasteiger partial charge in [-0.2, -0.15) is 0 Å². The molecule has 11 heavy (non-hydrogen) atoms. The lowest BCUT2D eigenvalue weighted by atomic mass is 10.4. The molecule has 1 rings (SSSR count). The Labute approximate surface area is 63.8 Å². The fourth-order valence-electron chi connectivity index (χ4n) is 0.830. The molecule has 5 heteroatoms. The Morgan fingerprint density at radius 3 is 3.00 bits per heavy atom. The highest BCUT2D eigenvalue weighted by molar-refractivity contribution is 5.39. The van der Waals surface area contributed by atoms with Gasteiger partial charge < -0.3 is 15.2 Å². The van der Waals surface area contributed by atoms with Crippen molar-refractivity contribution >= 4 is 5.69 Å². The Balaban J connectivity index is 2.75. The van der Waals surface area contributed by atoms with Crippen LogP contribution in [0.3, 0.4) is 0 Å². The first-order chi connectivity index (χ1) is 5.25. The minimum Gasteiger partial charge on any atom is -0.366 e. The average molecular weight is 157 g/mol. The zero-order valence-electron chi connectivity index (χ0n) is 6.33. The first-order valence-electron chi connectivity index (χ1n) is 3.34. The van der Waals surface area contributed by atoms with Gasteiger partial charge in [-0.3, -0.25) is 0 Å². The highest BCUT2D eigenvalue weighted by Gasteiger charge is 2.06. The predicted octanol–water partition coefficient (Wildman–Crippen LogP) is -0.637. The van der Waals surface area contributed by atoms with E-state index in [9.17, 15) is 4.79 Å². The van der Waals surface area contributed by atoms with Crippen LogP contribution in [0.2, 0.25) is 0 Å². The second kappa shape index (κ2) is 3.25. The van der Waals surface area contributed by atoms with Crippen LogP contribution < -0.4 is 16.3 Å². The van der Waals surface area contributed by atoms with E-state index in [4.69, 9.17) is 5.73 Å². The molecular weight excluding hydrogens is 146 g/mol. The lowest BCUT2D eigenvalue weighted by Crippen LogP contribution is -2.27.